The van der Waals surface area contributed by atoms with Crippen molar-refractivity contribution in [2.24, 2.45) is 0 Å². The number of nitrogens with one attached hydrogen (secondary N) is 1. The van der Waals surface area contributed by atoms with Crippen LogP contribution >= 0.6 is 0 Å². The minimum Gasteiger partial charge on any atom is -0.318 e. The number of quaternary nitrogens is 1. The molecule has 1 N–H and O–H groups in total. The molecule has 0 atom stereocenters. The second-order valence-electron chi connectivity index (χ2n) is 7.48. The number of carbonyl (C=O) groups excluding carboxylic acids is 1. The van der Waals surface area contributed by atoms with Gasteiger partial charge in [0.25, 0.3) is 5.91 Å². The molecule has 1 heterocycles. The minimum atomic E-state index is -0.371. The topological polar surface area (TPSA) is 29.1 Å². The van der Waals surface area contributed by atoms with Crippen LogP contribution in [0.4, 0.5) is 10.1 Å². The Morgan fingerprint density at radius 3 is 2.35 bits per heavy atom. The van der Waals surface area contributed by atoms with Crippen LogP contribution in [-0.4, -0.2) is 30.0 Å². The Morgan fingerprint density at radius 1 is 1.00 bits per heavy atom. The van der Waals surface area contributed by atoms with Gasteiger partial charge in [-0.25, -0.2) is 4.39 Å². The van der Waals surface area contributed by atoms with Gasteiger partial charge >= 0.3 is 0 Å². The number of para-hydroxylation sites is 1. The standard InChI is InChI=1S/C22H27FN2O/c1-18-10-9-13-20(23)22(18)24-21(26)17-25(14-7-2-3-8-15-25)16-19-11-5-4-6-12-19/h4-6,9-13H,2-3,7-8,14-17H2,1H3/p+1. The first-order chi connectivity index (χ1) is 12.6. The highest BCUT2D eigenvalue weighted by molar-refractivity contribution is 5.92. The van der Waals surface area contributed by atoms with Crippen molar-refractivity contribution >= 4 is 11.6 Å². The molecule has 1 aliphatic heterocycles. The number of aryl methyl sites for hydroxylation is 1. The Bertz CT molecular complexity index is 717. The summed E-state index contributed by atoms with van der Waals surface area (Å²) in [6, 6.07) is 15.2. The third-order valence-electron chi connectivity index (χ3n) is 5.34. The van der Waals surface area contributed by atoms with Crippen molar-refractivity contribution < 1.29 is 13.7 Å². The number of rotatable bonds is 5. The predicted molar refractivity (Wildman–Crippen MR) is 103 cm³/mol. The first-order valence-electron chi connectivity index (χ1n) is 9.52. The third kappa shape index (κ3) is 4.70. The molecule has 2 aromatic rings. The molecule has 1 amide bonds. The molecule has 0 aromatic heterocycles. The van der Waals surface area contributed by atoms with Gasteiger partial charge in [-0.3, -0.25) is 4.79 Å². The summed E-state index contributed by atoms with van der Waals surface area (Å²) in [5.41, 5.74) is 2.32. The Kier molecular flexibility index (Phi) is 6.04. The van der Waals surface area contributed by atoms with Gasteiger partial charge in [0.2, 0.25) is 0 Å². The van der Waals surface area contributed by atoms with Crippen LogP contribution in [-0.2, 0) is 11.3 Å². The van der Waals surface area contributed by atoms with Gasteiger partial charge in [0, 0.05) is 5.56 Å². The van der Waals surface area contributed by atoms with Crippen LogP contribution in [0.3, 0.4) is 0 Å². The van der Waals surface area contributed by atoms with Gasteiger partial charge < -0.3 is 9.80 Å². The monoisotopic (exact) mass is 355 g/mol. The van der Waals surface area contributed by atoms with Crippen LogP contribution in [0.25, 0.3) is 0 Å². The first-order valence-corrected chi connectivity index (χ1v) is 9.52. The molecular formula is C22H28FN2O+. The fraction of sp³-hybridized carbons (Fsp3) is 0.409. The van der Waals surface area contributed by atoms with Crippen LogP contribution in [0.5, 0.6) is 0 Å². The van der Waals surface area contributed by atoms with Gasteiger partial charge in [-0.15, -0.1) is 0 Å². The van der Waals surface area contributed by atoms with E-state index in [4.69, 9.17) is 0 Å². The number of hydrogen-bond acceptors (Lipinski definition) is 1. The van der Waals surface area contributed by atoms with E-state index in [1.54, 1.807) is 6.07 Å². The molecule has 2 aromatic carbocycles. The number of halogens is 1. The second kappa shape index (κ2) is 8.45. The number of hydrogen-bond donors (Lipinski definition) is 1. The highest BCUT2D eigenvalue weighted by atomic mass is 19.1. The number of amides is 1. The van der Waals surface area contributed by atoms with Gasteiger partial charge in [0.15, 0.2) is 6.54 Å². The van der Waals surface area contributed by atoms with Crippen molar-refractivity contribution in [3.63, 3.8) is 0 Å². The van der Waals surface area contributed by atoms with E-state index in [2.05, 4.69) is 17.4 Å². The smallest absolute Gasteiger partial charge is 0.279 e. The molecule has 0 radical (unpaired) electrons. The molecule has 0 saturated carbocycles. The molecule has 3 nitrogen and oxygen atoms in total. The zero-order valence-corrected chi connectivity index (χ0v) is 15.5. The molecule has 1 fully saturated rings. The number of likely N-dealkylation sites (tertiary alicyclic amines) is 1. The summed E-state index contributed by atoms with van der Waals surface area (Å²) in [5.74, 6) is -0.472. The molecule has 1 aliphatic rings. The summed E-state index contributed by atoms with van der Waals surface area (Å²) in [4.78, 5) is 12.8. The van der Waals surface area contributed by atoms with Crippen molar-refractivity contribution in [2.45, 2.75) is 39.2 Å². The van der Waals surface area contributed by atoms with Crippen LogP contribution in [0.15, 0.2) is 48.5 Å². The fourth-order valence-electron chi connectivity index (χ4n) is 3.98. The Balaban J connectivity index is 1.77. The molecule has 4 heteroatoms. The van der Waals surface area contributed by atoms with Crippen molar-refractivity contribution in [3.8, 4) is 0 Å². The molecule has 0 bridgehead atoms. The van der Waals surface area contributed by atoms with Gasteiger partial charge in [-0.1, -0.05) is 42.5 Å². The van der Waals surface area contributed by atoms with E-state index in [1.807, 2.05) is 31.2 Å². The van der Waals surface area contributed by atoms with Crippen molar-refractivity contribution in [3.05, 3.63) is 65.5 Å². The summed E-state index contributed by atoms with van der Waals surface area (Å²) in [6.45, 7) is 5.06. The number of anilines is 1. The Morgan fingerprint density at radius 2 is 1.69 bits per heavy atom. The van der Waals surface area contributed by atoms with Crippen LogP contribution in [0.2, 0.25) is 0 Å². The average Bonchev–Trinajstić information content (AvgIpc) is 2.85. The lowest BCUT2D eigenvalue weighted by atomic mass is 10.1. The maximum absolute atomic E-state index is 14.1. The zero-order chi connectivity index (χ0) is 18.4. The summed E-state index contributed by atoms with van der Waals surface area (Å²) in [5, 5.41) is 2.83. The average molecular weight is 355 g/mol. The van der Waals surface area contributed by atoms with E-state index in [1.165, 1.54) is 24.5 Å². The maximum Gasteiger partial charge on any atom is 0.279 e. The third-order valence-corrected chi connectivity index (χ3v) is 5.34. The molecule has 0 spiro atoms. The van der Waals surface area contributed by atoms with Gasteiger partial charge in [0.1, 0.15) is 12.4 Å². The summed E-state index contributed by atoms with van der Waals surface area (Å²) >= 11 is 0. The minimum absolute atomic E-state index is 0.101. The second-order valence-corrected chi connectivity index (χ2v) is 7.48. The molecule has 0 aliphatic carbocycles. The molecule has 0 unspecified atom stereocenters. The van der Waals surface area contributed by atoms with E-state index in [0.717, 1.165) is 42.5 Å². The highest BCUT2D eigenvalue weighted by Crippen LogP contribution is 2.24. The molecule has 1 saturated heterocycles. The molecule has 3 rings (SSSR count). The van der Waals surface area contributed by atoms with Crippen LogP contribution < -0.4 is 5.32 Å². The summed E-state index contributed by atoms with van der Waals surface area (Å²) < 4.78 is 14.8. The first kappa shape index (κ1) is 18.6. The lowest BCUT2D eigenvalue weighted by Gasteiger charge is -2.37. The highest BCUT2D eigenvalue weighted by Gasteiger charge is 2.32. The maximum atomic E-state index is 14.1. The van der Waals surface area contributed by atoms with Crippen molar-refractivity contribution in [2.75, 3.05) is 25.0 Å². The number of benzene rings is 2. The van der Waals surface area contributed by atoms with E-state index < -0.39 is 0 Å². The number of carbonyl (C=O) groups is 1. The zero-order valence-electron chi connectivity index (χ0n) is 15.5. The molecule has 138 valence electrons. The largest absolute Gasteiger partial charge is 0.318 e. The van der Waals surface area contributed by atoms with Crippen molar-refractivity contribution in [1.82, 2.24) is 0 Å². The normalized spacial score (nSPS) is 16.7. The van der Waals surface area contributed by atoms with Gasteiger partial charge in [-0.05, 0) is 44.2 Å². The quantitative estimate of drug-likeness (QED) is 0.776. The lowest BCUT2D eigenvalue weighted by Crippen LogP contribution is -2.52. The predicted octanol–water partition coefficient (Wildman–Crippen LogP) is 4.66. The van der Waals surface area contributed by atoms with E-state index in [0.29, 0.717) is 12.2 Å². The fourth-order valence-corrected chi connectivity index (χ4v) is 3.98. The summed E-state index contributed by atoms with van der Waals surface area (Å²) in [6.07, 6.45) is 4.73. The van der Waals surface area contributed by atoms with E-state index >= 15 is 0 Å². The van der Waals surface area contributed by atoms with Crippen LogP contribution in [0.1, 0.15) is 36.8 Å². The Hall–Kier alpha value is -2.20. The van der Waals surface area contributed by atoms with E-state index in [9.17, 15) is 9.18 Å². The summed E-state index contributed by atoms with van der Waals surface area (Å²) in [7, 11) is 0. The molecule has 26 heavy (non-hydrogen) atoms. The Labute approximate surface area is 155 Å². The van der Waals surface area contributed by atoms with Crippen molar-refractivity contribution in [1.29, 1.82) is 0 Å². The van der Waals surface area contributed by atoms with Crippen LogP contribution in [0, 0.1) is 12.7 Å². The molecular weight excluding hydrogens is 327 g/mol. The SMILES string of the molecule is Cc1cccc(F)c1NC(=O)C[N+]1(Cc2ccccc2)CCCCCC1. The van der Waals surface area contributed by atoms with Gasteiger partial charge in [-0.2, -0.15) is 0 Å². The number of nitrogens with zero attached hydrogens (tertiary/aromatic N) is 1. The van der Waals surface area contributed by atoms with E-state index in [-0.39, 0.29) is 11.7 Å². The lowest BCUT2D eigenvalue weighted by molar-refractivity contribution is -0.932. The van der Waals surface area contributed by atoms with Gasteiger partial charge in [0.05, 0.1) is 18.8 Å².